The van der Waals surface area contributed by atoms with Crippen LogP contribution in [0.15, 0.2) is 10.7 Å². The minimum Gasteiger partial charge on any atom is -0.347 e. The van der Waals surface area contributed by atoms with Crippen LogP contribution in [0.2, 0.25) is 0 Å². The summed E-state index contributed by atoms with van der Waals surface area (Å²) in [6.45, 7) is 2.38. The van der Waals surface area contributed by atoms with Crippen molar-refractivity contribution in [2.45, 2.75) is 13.5 Å². The molecule has 0 spiro atoms. The first-order valence-electron chi connectivity index (χ1n) is 4.03. The first-order valence-corrected chi connectivity index (χ1v) is 4.83. The van der Waals surface area contributed by atoms with Crippen LogP contribution in [0, 0.1) is 0 Å². The van der Waals surface area contributed by atoms with Gasteiger partial charge in [-0.05, 0) is 41.7 Å². The number of hydrogen-bond donors (Lipinski definition) is 1. The number of halogens is 1. The minimum absolute atomic E-state index is 0.0608. The Morgan fingerprint density at radius 3 is 2.62 bits per heavy atom. The van der Waals surface area contributed by atoms with E-state index in [0.29, 0.717) is 5.69 Å². The normalized spacial score (nSPS) is 10.8. The minimum atomic E-state index is 0.0608. The van der Waals surface area contributed by atoms with Crippen molar-refractivity contribution in [1.82, 2.24) is 9.88 Å². The number of Topliss-reactive ketones (excluding diaryl/α,β-unsaturated/α-hetero) is 1. The fourth-order valence-corrected chi connectivity index (χ4v) is 1.57. The van der Waals surface area contributed by atoms with Crippen LogP contribution in [0.25, 0.3) is 0 Å². The van der Waals surface area contributed by atoms with E-state index in [0.717, 1.165) is 16.7 Å². The maximum atomic E-state index is 11.0. The monoisotopic (exact) mass is 244 g/mol. The molecule has 1 aromatic rings. The lowest BCUT2D eigenvalue weighted by Crippen LogP contribution is -2.10. The van der Waals surface area contributed by atoms with E-state index < -0.39 is 0 Å². The summed E-state index contributed by atoms with van der Waals surface area (Å²) in [5, 5.41) is 0. The summed E-state index contributed by atoms with van der Waals surface area (Å²) in [6.07, 6.45) is 0. The summed E-state index contributed by atoms with van der Waals surface area (Å²) in [4.78, 5) is 16.1. The standard InChI is InChI=1S/C9H13BrN2O/c1-6(13)8-4-7(5-12(2)3)9(10)11-8/h4,11H,5H2,1-3H3. The van der Waals surface area contributed by atoms with Crippen molar-refractivity contribution in [3.63, 3.8) is 0 Å². The zero-order valence-corrected chi connectivity index (χ0v) is 9.60. The van der Waals surface area contributed by atoms with Gasteiger partial charge in [-0.15, -0.1) is 0 Å². The van der Waals surface area contributed by atoms with Crippen molar-refractivity contribution >= 4 is 21.7 Å². The van der Waals surface area contributed by atoms with E-state index >= 15 is 0 Å². The third-order valence-corrected chi connectivity index (χ3v) is 2.42. The molecule has 4 heteroatoms. The average Bonchev–Trinajstić information content (AvgIpc) is 2.31. The summed E-state index contributed by atoms with van der Waals surface area (Å²) < 4.78 is 0.895. The predicted octanol–water partition coefficient (Wildman–Crippen LogP) is 2.04. The van der Waals surface area contributed by atoms with Crippen molar-refractivity contribution in [3.8, 4) is 0 Å². The third kappa shape index (κ3) is 2.67. The summed E-state index contributed by atoms with van der Waals surface area (Å²) >= 11 is 3.38. The Bertz CT molecular complexity index is 317. The zero-order valence-electron chi connectivity index (χ0n) is 8.02. The van der Waals surface area contributed by atoms with Gasteiger partial charge < -0.3 is 9.88 Å². The van der Waals surface area contributed by atoms with Crippen molar-refractivity contribution in [1.29, 1.82) is 0 Å². The van der Waals surface area contributed by atoms with Crippen molar-refractivity contribution in [2.75, 3.05) is 14.1 Å². The molecule has 0 amide bonds. The third-order valence-electron chi connectivity index (χ3n) is 1.71. The fraction of sp³-hybridized carbons (Fsp3) is 0.444. The Hall–Kier alpha value is -0.610. The zero-order chi connectivity index (χ0) is 10.0. The van der Waals surface area contributed by atoms with E-state index in [1.54, 1.807) is 6.92 Å². The molecule has 0 saturated carbocycles. The summed E-state index contributed by atoms with van der Waals surface area (Å²) in [5.41, 5.74) is 1.76. The van der Waals surface area contributed by atoms with E-state index in [-0.39, 0.29) is 5.78 Å². The van der Waals surface area contributed by atoms with E-state index in [2.05, 4.69) is 25.8 Å². The number of hydrogen-bond acceptors (Lipinski definition) is 2. The predicted molar refractivity (Wildman–Crippen MR) is 55.9 cm³/mol. The molecule has 3 nitrogen and oxygen atoms in total. The molecule has 0 aromatic carbocycles. The molecule has 0 fully saturated rings. The van der Waals surface area contributed by atoms with Crippen LogP contribution in [0.5, 0.6) is 0 Å². The number of aromatic nitrogens is 1. The van der Waals surface area contributed by atoms with Gasteiger partial charge in [0.2, 0.25) is 0 Å². The lowest BCUT2D eigenvalue weighted by Gasteiger charge is -2.07. The number of nitrogens with one attached hydrogen (secondary N) is 1. The van der Waals surface area contributed by atoms with Crippen LogP contribution in [-0.4, -0.2) is 29.8 Å². The molecule has 0 saturated heterocycles. The van der Waals surface area contributed by atoms with Crippen LogP contribution in [0.4, 0.5) is 0 Å². The number of nitrogens with zero attached hydrogens (tertiary/aromatic N) is 1. The van der Waals surface area contributed by atoms with Crippen molar-refractivity contribution in [2.24, 2.45) is 0 Å². The van der Waals surface area contributed by atoms with Gasteiger partial charge in [-0.25, -0.2) is 0 Å². The van der Waals surface area contributed by atoms with Gasteiger partial charge in [0, 0.05) is 13.5 Å². The van der Waals surface area contributed by atoms with Gasteiger partial charge in [0.25, 0.3) is 0 Å². The molecule has 1 heterocycles. The van der Waals surface area contributed by atoms with Crippen LogP contribution < -0.4 is 0 Å². The fourth-order valence-electron chi connectivity index (χ4n) is 1.12. The first-order chi connectivity index (χ1) is 6.00. The quantitative estimate of drug-likeness (QED) is 0.827. The molecule has 1 N–H and O–H groups in total. The van der Waals surface area contributed by atoms with Crippen molar-refractivity contribution < 1.29 is 4.79 Å². The first kappa shape index (κ1) is 10.5. The topological polar surface area (TPSA) is 36.1 Å². The highest BCUT2D eigenvalue weighted by molar-refractivity contribution is 9.10. The van der Waals surface area contributed by atoms with Gasteiger partial charge in [-0.1, -0.05) is 0 Å². The number of H-pyrrole nitrogens is 1. The van der Waals surface area contributed by atoms with Crippen LogP contribution in [0.3, 0.4) is 0 Å². The average molecular weight is 245 g/mol. The Labute approximate surface area is 86.3 Å². The molecule has 0 aliphatic carbocycles. The molecule has 72 valence electrons. The molecule has 0 bridgehead atoms. The SMILES string of the molecule is CC(=O)c1cc(CN(C)C)c(Br)[nH]1. The number of ketones is 1. The van der Waals surface area contributed by atoms with Crippen molar-refractivity contribution in [3.05, 3.63) is 21.9 Å². The van der Waals surface area contributed by atoms with Gasteiger partial charge in [0.1, 0.15) is 0 Å². The maximum absolute atomic E-state index is 11.0. The Kier molecular flexibility index (Phi) is 3.27. The number of carbonyl (C=O) groups excluding carboxylic acids is 1. The molecular formula is C9H13BrN2O. The molecule has 1 rings (SSSR count). The number of aromatic amines is 1. The largest absolute Gasteiger partial charge is 0.347 e. The van der Waals surface area contributed by atoms with Gasteiger partial charge >= 0.3 is 0 Å². The summed E-state index contributed by atoms with van der Waals surface area (Å²) in [5.74, 6) is 0.0608. The van der Waals surface area contributed by atoms with Gasteiger partial charge in [0.05, 0.1) is 10.3 Å². The molecule has 0 atom stereocenters. The Morgan fingerprint density at radius 1 is 1.62 bits per heavy atom. The Balaban J connectivity index is 2.90. The lowest BCUT2D eigenvalue weighted by molar-refractivity contribution is 0.101. The number of carbonyl (C=O) groups is 1. The molecule has 0 radical (unpaired) electrons. The second-order valence-electron chi connectivity index (χ2n) is 3.32. The Morgan fingerprint density at radius 2 is 2.23 bits per heavy atom. The second-order valence-corrected chi connectivity index (χ2v) is 4.11. The molecule has 0 aliphatic heterocycles. The van der Waals surface area contributed by atoms with Gasteiger partial charge in [-0.3, -0.25) is 4.79 Å². The van der Waals surface area contributed by atoms with E-state index in [1.807, 2.05) is 20.2 Å². The molecule has 0 unspecified atom stereocenters. The smallest absolute Gasteiger partial charge is 0.175 e. The van der Waals surface area contributed by atoms with E-state index in [1.165, 1.54) is 0 Å². The van der Waals surface area contributed by atoms with E-state index in [9.17, 15) is 4.79 Å². The number of rotatable bonds is 3. The summed E-state index contributed by atoms with van der Waals surface area (Å²) in [7, 11) is 3.99. The molecule has 0 aliphatic rings. The van der Waals surface area contributed by atoms with Crippen LogP contribution >= 0.6 is 15.9 Å². The highest BCUT2D eigenvalue weighted by atomic mass is 79.9. The summed E-state index contributed by atoms with van der Waals surface area (Å²) in [6, 6.07) is 1.88. The van der Waals surface area contributed by atoms with Crippen LogP contribution in [-0.2, 0) is 6.54 Å². The van der Waals surface area contributed by atoms with Gasteiger partial charge in [-0.2, -0.15) is 0 Å². The highest BCUT2D eigenvalue weighted by Crippen LogP contribution is 2.18. The maximum Gasteiger partial charge on any atom is 0.175 e. The highest BCUT2D eigenvalue weighted by Gasteiger charge is 2.08. The molecular weight excluding hydrogens is 232 g/mol. The van der Waals surface area contributed by atoms with E-state index in [4.69, 9.17) is 0 Å². The lowest BCUT2D eigenvalue weighted by atomic mass is 10.2. The second kappa shape index (κ2) is 4.07. The van der Waals surface area contributed by atoms with Crippen LogP contribution in [0.1, 0.15) is 23.0 Å². The molecule has 13 heavy (non-hydrogen) atoms. The molecule has 1 aromatic heterocycles. The van der Waals surface area contributed by atoms with Gasteiger partial charge in [0.15, 0.2) is 5.78 Å².